The number of halogens is 1. The Morgan fingerprint density at radius 3 is 2.47 bits per heavy atom. The molecule has 1 aliphatic carbocycles. The van der Waals surface area contributed by atoms with E-state index >= 15 is 0 Å². The van der Waals surface area contributed by atoms with Crippen LogP contribution in [-0.4, -0.2) is 56.2 Å². The average molecular weight is 483 g/mol. The van der Waals surface area contributed by atoms with Crippen molar-refractivity contribution in [3.8, 4) is 0 Å². The molecule has 0 spiro atoms. The van der Waals surface area contributed by atoms with Gasteiger partial charge in [-0.1, -0.05) is 45.8 Å². The lowest BCUT2D eigenvalue weighted by Gasteiger charge is -2.36. The summed E-state index contributed by atoms with van der Waals surface area (Å²) in [6.07, 6.45) is 10.9. The largest absolute Gasteiger partial charge is 0.460 e. The number of carbonyl (C=O) groups excluding carboxylic acids is 1. The van der Waals surface area contributed by atoms with E-state index < -0.39 is 24.2 Å². The molecule has 4 fully saturated rings. The SMILES string of the molecule is CCCCC(C)(C)C(/C=C/[C@@H]1[C@@H]2[C@H](C[C@H]1OC1CCCCO1)OC(=O)[C@H]2F)OC1CCCCO1. The second-order valence-electron chi connectivity index (χ2n) is 11.1. The van der Waals surface area contributed by atoms with E-state index in [4.69, 9.17) is 23.7 Å². The van der Waals surface area contributed by atoms with Gasteiger partial charge in [0.15, 0.2) is 12.6 Å². The van der Waals surface area contributed by atoms with Crippen molar-refractivity contribution in [2.75, 3.05) is 13.2 Å². The lowest BCUT2D eigenvalue weighted by molar-refractivity contribution is -0.198. The van der Waals surface area contributed by atoms with E-state index in [2.05, 4.69) is 26.8 Å². The summed E-state index contributed by atoms with van der Waals surface area (Å²) in [5.74, 6) is -1.53. The van der Waals surface area contributed by atoms with E-state index in [1.54, 1.807) is 0 Å². The van der Waals surface area contributed by atoms with Crippen LogP contribution < -0.4 is 0 Å². The fourth-order valence-electron chi connectivity index (χ4n) is 5.81. The van der Waals surface area contributed by atoms with Gasteiger partial charge in [-0.15, -0.1) is 0 Å². The van der Waals surface area contributed by atoms with Gasteiger partial charge in [-0.05, 0) is 50.4 Å². The van der Waals surface area contributed by atoms with Crippen molar-refractivity contribution in [1.29, 1.82) is 0 Å². The normalized spacial score (nSPS) is 37.6. The third kappa shape index (κ3) is 6.21. The van der Waals surface area contributed by atoms with Crippen molar-refractivity contribution in [2.24, 2.45) is 17.3 Å². The van der Waals surface area contributed by atoms with Crippen molar-refractivity contribution in [3.63, 3.8) is 0 Å². The first-order valence-electron chi connectivity index (χ1n) is 13.5. The monoisotopic (exact) mass is 482 g/mol. The number of carbonyl (C=O) groups is 1. The van der Waals surface area contributed by atoms with Gasteiger partial charge < -0.3 is 23.7 Å². The molecule has 6 nitrogen and oxygen atoms in total. The quantitative estimate of drug-likeness (QED) is 0.303. The lowest BCUT2D eigenvalue weighted by atomic mass is 9.80. The number of fused-ring (bicyclic) bond motifs is 1. The Kier molecular flexibility index (Phi) is 9.05. The van der Waals surface area contributed by atoms with Crippen LogP contribution in [-0.2, 0) is 28.5 Å². The Morgan fingerprint density at radius 1 is 1.12 bits per heavy atom. The standard InChI is InChI=1S/C27H43FO6/c1-4-5-14-27(2,3)21(34-23-11-7-9-16-31-23)13-12-18-19(32-22-10-6-8-15-30-22)17-20-24(18)25(28)26(29)33-20/h12-13,18-25H,4-11,14-17H2,1-3H3/b13-12+/t18-,19+,20-,21?,22?,23?,24+,25-/m0/s1. The molecular weight excluding hydrogens is 439 g/mol. The third-order valence-electron chi connectivity index (χ3n) is 7.95. The molecule has 0 N–H and O–H groups in total. The molecule has 3 saturated heterocycles. The van der Waals surface area contributed by atoms with E-state index in [-0.39, 0.29) is 36.1 Å². The van der Waals surface area contributed by atoms with Crippen LogP contribution in [0.15, 0.2) is 12.2 Å². The van der Waals surface area contributed by atoms with Crippen LogP contribution in [0.25, 0.3) is 0 Å². The molecule has 3 unspecified atom stereocenters. The molecule has 7 heteroatoms. The third-order valence-corrected chi connectivity index (χ3v) is 7.95. The zero-order valence-corrected chi connectivity index (χ0v) is 21.1. The highest BCUT2D eigenvalue weighted by atomic mass is 19.1. The fourth-order valence-corrected chi connectivity index (χ4v) is 5.81. The molecule has 8 atom stereocenters. The van der Waals surface area contributed by atoms with Crippen molar-refractivity contribution in [3.05, 3.63) is 12.2 Å². The average Bonchev–Trinajstić information content (AvgIpc) is 3.30. The van der Waals surface area contributed by atoms with E-state index in [9.17, 15) is 9.18 Å². The van der Waals surface area contributed by atoms with Crippen LogP contribution in [0.5, 0.6) is 0 Å². The van der Waals surface area contributed by atoms with Gasteiger partial charge in [0.1, 0.15) is 6.10 Å². The Balaban J connectivity index is 1.52. The molecule has 1 saturated carbocycles. The summed E-state index contributed by atoms with van der Waals surface area (Å²) in [5, 5.41) is 0. The highest BCUT2D eigenvalue weighted by Crippen LogP contribution is 2.46. The summed E-state index contributed by atoms with van der Waals surface area (Å²) in [6.45, 7) is 8.06. The Bertz CT molecular complexity index is 685. The first kappa shape index (κ1) is 26.1. The summed E-state index contributed by atoms with van der Waals surface area (Å²) in [5.41, 5.74) is -0.106. The number of rotatable bonds is 10. The first-order valence-corrected chi connectivity index (χ1v) is 13.5. The smallest absolute Gasteiger partial charge is 0.341 e. The van der Waals surface area contributed by atoms with Crippen LogP contribution >= 0.6 is 0 Å². The number of esters is 1. The van der Waals surface area contributed by atoms with Crippen molar-refractivity contribution >= 4 is 5.97 Å². The van der Waals surface area contributed by atoms with Gasteiger partial charge in [-0.25, -0.2) is 9.18 Å². The van der Waals surface area contributed by atoms with Gasteiger partial charge in [-0.2, -0.15) is 0 Å². The summed E-state index contributed by atoms with van der Waals surface area (Å²) in [7, 11) is 0. The lowest BCUT2D eigenvalue weighted by Crippen LogP contribution is -2.37. The van der Waals surface area contributed by atoms with Crippen LogP contribution in [0.2, 0.25) is 0 Å². The summed E-state index contributed by atoms with van der Waals surface area (Å²) in [4.78, 5) is 12.0. The van der Waals surface area contributed by atoms with Gasteiger partial charge in [0.25, 0.3) is 0 Å². The minimum atomic E-state index is -1.62. The maximum absolute atomic E-state index is 14.9. The zero-order valence-electron chi connectivity index (χ0n) is 21.1. The second kappa shape index (κ2) is 11.8. The predicted molar refractivity (Wildman–Crippen MR) is 126 cm³/mol. The summed E-state index contributed by atoms with van der Waals surface area (Å²) >= 11 is 0. The molecule has 194 valence electrons. The number of unbranched alkanes of at least 4 members (excludes halogenated alkanes) is 1. The van der Waals surface area contributed by atoms with Gasteiger partial charge in [-0.3, -0.25) is 0 Å². The van der Waals surface area contributed by atoms with Crippen LogP contribution in [0, 0.1) is 17.3 Å². The van der Waals surface area contributed by atoms with Crippen LogP contribution in [0.1, 0.15) is 85.0 Å². The first-order chi connectivity index (χ1) is 16.4. The topological polar surface area (TPSA) is 63.2 Å². The van der Waals surface area contributed by atoms with Crippen molar-refractivity contribution < 1.29 is 32.9 Å². The summed E-state index contributed by atoms with van der Waals surface area (Å²) < 4.78 is 44.8. The molecule has 0 aromatic rings. The molecule has 0 aromatic carbocycles. The predicted octanol–water partition coefficient (Wildman–Crippen LogP) is 5.48. The highest BCUT2D eigenvalue weighted by Gasteiger charge is 2.56. The molecule has 0 bridgehead atoms. The van der Waals surface area contributed by atoms with Gasteiger partial charge in [0.2, 0.25) is 6.17 Å². The number of hydrogen-bond donors (Lipinski definition) is 0. The van der Waals surface area contributed by atoms with E-state index in [1.165, 1.54) is 0 Å². The van der Waals surface area contributed by atoms with Crippen LogP contribution in [0.4, 0.5) is 4.39 Å². The van der Waals surface area contributed by atoms with Gasteiger partial charge in [0, 0.05) is 31.5 Å². The molecule has 4 aliphatic rings. The Hall–Kier alpha value is -1.02. The number of alkyl halides is 1. The molecule has 0 amide bonds. The van der Waals surface area contributed by atoms with Gasteiger partial charge >= 0.3 is 5.97 Å². The Labute approximate surface area is 203 Å². The minimum absolute atomic E-state index is 0.106. The molecule has 0 aromatic heterocycles. The van der Waals surface area contributed by atoms with E-state index in [0.29, 0.717) is 13.0 Å². The van der Waals surface area contributed by atoms with Crippen molar-refractivity contribution in [1.82, 2.24) is 0 Å². The summed E-state index contributed by atoms with van der Waals surface area (Å²) in [6, 6.07) is 0. The maximum Gasteiger partial charge on any atom is 0.341 e. The van der Waals surface area contributed by atoms with Crippen molar-refractivity contribution in [2.45, 2.75) is 122 Å². The Morgan fingerprint density at radius 2 is 1.82 bits per heavy atom. The molecule has 34 heavy (non-hydrogen) atoms. The molecule has 4 rings (SSSR count). The molecular formula is C27H43FO6. The van der Waals surface area contributed by atoms with Gasteiger partial charge in [0.05, 0.1) is 12.2 Å². The highest BCUT2D eigenvalue weighted by molar-refractivity contribution is 5.77. The molecule has 0 radical (unpaired) electrons. The number of ether oxygens (including phenoxy) is 5. The maximum atomic E-state index is 14.9. The number of hydrogen-bond acceptors (Lipinski definition) is 6. The van der Waals surface area contributed by atoms with Crippen LogP contribution in [0.3, 0.4) is 0 Å². The fraction of sp³-hybridized carbons (Fsp3) is 0.889. The molecule has 3 heterocycles. The minimum Gasteiger partial charge on any atom is -0.460 e. The van der Waals surface area contributed by atoms with E-state index in [0.717, 1.165) is 64.4 Å². The van der Waals surface area contributed by atoms with E-state index in [1.807, 2.05) is 6.08 Å². The second-order valence-corrected chi connectivity index (χ2v) is 11.1. The zero-order chi connectivity index (χ0) is 24.1. The molecule has 3 aliphatic heterocycles.